The van der Waals surface area contributed by atoms with Gasteiger partial charge in [-0.1, -0.05) is 5.21 Å². The highest BCUT2D eigenvalue weighted by atomic mass is 16.5. The number of aromatic carboxylic acids is 1. The standard InChI is InChI=1S/C12H20N4O3/c1-15(7-10-3-2-6-19-9-10)4-5-16-8-11(12(17)18)13-14-16/h8,10H,2-7,9H2,1H3,(H,17,18). The molecule has 7 heteroatoms. The normalized spacial score (nSPS) is 19.8. The van der Waals surface area contributed by atoms with Crippen molar-refractivity contribution in [3.05, 3.63) is 11.9 Å². The van der Waals surface area contributed by atoms with E-state index in [1.54, 1.807) is 4.68 Å². The summed E-state index contributed by atoms with van der Waals surface area (Å²) >= 11 is 0. The van der Waals surface area contributed by atoms with E-state index in [-0.39, 0.29) is 5.69 Å². The monoisotopic (exact) mass is 268 g/mol. The summed E-state index contributed by atoms with van der Waals surface area (Å²) in [5.41, 5.74) is -0.0108. The molecule has 1 aromatic rings. The molecular weight excluding hydrogens is 248 g/mol. The Morgan fingerprint density at radius 3 is 3.16 bits per heavy atom. The summed E-state index contributed by atoms with van der Waals surface area (Å²) in [6.45, 7) is 4.19. The first-order valence-corrected chi connectivity index (χ1v) is 6.55. The maximum absolute atomic E-state index is 10.7. The molecule has 1 N–H and O–H groups in total. The van der Waals surface area contributed by atoms with Crippen molar-refractivity contribution in [3.8, 4) is 0 Å². The number of aromatic nitrogens is 3. The van der Waals surface area contributed by atoms with Gasteiger partial charge in [0.05, 0.1) is 19.3 Å². The third-order valence-electron chi connectivity index (χ3n) is 3.29. The molecule has 1 saturated heterocycles. The Morgan fingerprint density at radius 2 is 2.53 bits per heavy atom. The highest BCUT2D eigenvalue weighted by molar-refractivity contribution is 5.84. The predicted octanol–water partition coefficient (Wildman–Crippen LogP) is 0.335. The molecule has 0 aromatic carbocycles. The van der Waals surface area contributed by atoms with Gasteiger partial charge in [-0.15, -0.1) is 5.10 Å². The van der Waals surface area contributed by atoms with Gasteiger partial charge in [-0.2, -0.15) is 0 Å². The van der Waals surface area contributed by atoms with Gasteiger partial charge in [0.15, 0.2) is 5.69 Å². The minimum Gasteiger partial charge on any atom is -0.476 e. The van der Waals surface area contributed by atoms with Crippen LogP contribution in [0.15, 0.2) is 6.20 Å². The minimum atomic E-state index is -1.04. The molecule has 106 valence electrons. The van der Waals surface area contributed by atoms with Gasteiger partial charge in [-0.3, -0.25) is 4.68 Å². The van der Waals surface area contributed by atoms with Crippen LogP contribution in [0.4, 0.5) is 0 Å². The van der Waals surface area contributed by atoms with E-state index in [0.717, 1.165) is 32.7 Å². The maximum atomic E-state index is 10.7. The van der Waals surface area contributed by atoms with Gasteiger partial charge in [0.1, 0.15) is 0 Å². The van der Waals surface area contributed by atoms with E-state index in [1.165, 1.54) is 12.6 Å². The summed E-state index contributed by atoms with van der Waals surface area (Å²) in [5.74, 6) is -0.442. The Morgan fingerprint density at radius 1 is 1.68 bits per heavy atom. The van der Waals surface area contributed by atoms with Gasteiger partial charge in [0, 0.05) is 19.7 Å². The number of hydrogen-bond acceptors (Lipinski definition) is 5. The molecule has 1 fully saturated rings. The van der Waals surface area contributed by atoms with Gasteiger partial charge in [0.2, 0.25) is 0 Å². The zero-order valence-electron chi connectivity index (χ0n) is 11.2. The molecule has 1 atom stereocenters. The van der Waals surface area contributed by atoms with Crippen LogP contribution >= 0.6 is 0 Å². The molecule has 1 aromatic heterocycles. The third kappa shape index (κ3) is 4.29. The summed E-state index contributed by atoms with van der Waals surface area (Å²) in [6.07, 6.45) is 3.82. The number of carboxylic acids is 1. The van der Waals surface area contributed by atoms with E-state index in [4.69, 9.17) is 9.84 Å². The van der Waals surface area contributed by atoms with Crippen LogP contribution in [0.1, 0.15) is 23.3 Å². The van der Waals surface area contributed by atoms with Crippen molar-refractivity contribution >= 4 is 5.97 Å². The first-order valence-electron chi connectivity index (χ1n) is 6.55. The molecule has 0 aliphatic carbocycles. The SMILES string of the molecule is CN(CCn1cc(C(=O)O)nn1)CC1CCCOC1. The number of nitrogens with zero attached hydrogens (tertiary/aromatic N) is 4. The van der Waals surface area contributed by atoms with Gasteiger partial charge in [-0.25, -0.2) is 4.79 Å². The lowest BCUT2D eigenvalue weighted by Crippen LogP contribution is -2.33. The summed E-state index contributed by atoms with van der Waals surface area (Å²) in [6, 6.07) is 0. The number of carbonyl (C=O) groups is 1. The smallest absolute Gasteiger partial charge is 0.358 e. The maximum Gasteiger partial charge on any atom is 0.358 e. The lowest BCUT2D eigenvalue weighted by atomic mass is 10.0. The molecule has 19 heavy (non-hydrogen) atoms. The van der Waals surface area contributed by atoms with Crippen LogP contribution in [0.25, 0.3) is 0 Å². The highest BCUT2D eigenvalue weighted by Gasteiger charge is 2.16. The first-order chi connectivity index (χ1) is 9.15. The zero-order valence-corrected chi connectivity index (χ0v) is 11.2. The Kier molecular flexibility index (Phi) is 4.86. The van der Waals surface area contributed by atoms with Gasteiger partial charge < -0.3 is 14.7 Å². The van der Waals surface area contributed by atoms with Gasteiger partial charge >= 0.3 is 5.97 Å². The molecule has 1 aliphatic heterocycles. The van der Waals surface area contributed by atoms with Crippen LogP contribution in [0, 0.1) is 5.92 Å². The molecule has 0 bridgehead atoms. The lowest BCUT2D eigenvalue weighted by molar-refractivity contribution is 0.0416. The van der Waals surface area contributed by atoms with Gasteiger partial charge in [-0.05, 0) is 25.8 Å². The summed E-state index contributed by atoms with van der Waals surface area (Å²) in [7, 11) is 2.06. The third-order valence-corrected chi connectivity index (χ3v) is 3.29. The van der Waals surface area contributed by atoms with E-state index in [2.05, 4.69) is 22.3 Å². The number of carboxylic acid groups (broad SMARTS) is 1. The number of rotatable bonds is 6. The average molecular weight is 268 g/mol. The second-order valence-electron chi connectivity index (χ2n) is 5.02. The van der Waals surface area contributed by atoms with Crippen LogP contribution in [0.5, 0.6) is 0 Å². The summed E-state index contributed by atoms with van der Waals surface area (Å²) in [4.78, 5) is 12.9. The molecule has 0 saturated carbocycles. The zero-order chi connectivity index (χ0) is 13.7. The summed E-state index contributed by atoms with van der Waals surface area (Å²) in [5, 5.41) is 16.1. The van der Waals surface area contributed by atoms with E-state index in [9.17, 15) is 4.79 Å². The van der Waals surface area contributed by atoms with Crippen molar-refractivity contribution in [1.82, 2.24) is 19.9 Å². The fraction of sp³-hybridized carbons (Fsp3) is 0.750. The van der Waals surface area contributed by atoms with Gasteiger partial charge in [0.25, 0.3) is 0 Å². The molecule has 0 amide bonds. The summed E-state index contributed by atoms with van der Waals surface area (Å²) < 4.78 is 7.02. The molecule has 0 radical (unpaired) electrons. The highest BCUT2D eigenvalue weighted by Crippen LogP contribution is 2.14. The fourth-order valence-electron chi connectivity index (χ4n) is 2.26. The number of ether oxygens (including phenoxy) is 1. The molecular formula is C12H20N4O3. The molecule has 7 nitrogen and oxygen atoms in total. The molecule has 0 spiro atoms. The molecule has 2 rings (SSSR count). The number of hydrogen-bond donors (Lipinski definition) is 1. The van der Waals surface area contributed by atoms with Crippen LogP contribution < -0.4 is 0 Å². The number of likely N-dealkylation sites (N-methyl/N-ethyl adjacent to an activating group) is 1. The van der Waals surface area contributed by atoms with Crippen LogP contribution in [0.3, 0.4) is 0 Å². The van der Waals surface area contributed by atoms with E-state index in [1.807, 2.05) is 0 Å². The molecule has 2 heterocycles. The first kappa shape index (κ1) is 14.0. The van der Waals surface area contributed by atoms with Crippen molar-refractivity contribution in [1.29, 1.82) is 0 Å². The average Bonchev–Trinajstić information content (AvgIpc) is 2.86. The van der Waals surface area contributed by atoms with Crippen molar-refractivity contribution in [2.24, 2.45) is 5.92 Å². The van der Waals surface area contributed by atoms with Crippen molar-refractivity contribution < 1.29 is 14.6 Å². The Balaban J connectivity index is 1.72. The van der Waals surface area contributed by atoms with Crippen molar-refractivity contribution in [2.75, 3.05) is 33.4 Å². The second kappa shape index (κ2) is 6.63. The predicted molar refractivity (Wildman–Crippen MR) is 68.0 cm³/mol. The van der Waals surface area contributed by atoms with E-state index >= 15 is 0 Å². The van der Waals surface area contributed by atoms with Crippen LogP contribution in [0.2, 0.25) is 0 Å². The quantitative estimate of drug-likeness (QED) is 0.801. The Bertz CT molecular complexity index is 415. The fourth-order valence-corrected chi connectivity index (χ4v) is 2.26. The second-order valence-corrected chi connectivity index (χ2v) is 5.02. The Hall–Kier alpha value is -1.47. The van der Waals surface area contributed by atoms with Crippen LogP contribution in [-0.2, 0) is 11.3 Å². The lowest BCUT2D eigenvalue weighted by Gasteiger charge is -2.26. The minimum absolute atomic E-state index is 0.0108. The van der Waals surface area contributed by atoms with Crippen LogP contribution in [-0.4, -0.2) is 64.3 Å². The van der Waals surface area contributed by atoms with E-state index in [0.29, 0.717) is 12.5 Å². The largest absolute Gasteiger partial charge is 0.476 e. The topological polar surface area (TPSA) is 80.5 Å². The van der Waals surface area contributed by atoms with Crippen molar-refractivity contribution in [2.45, 2.75) is 19.4 Å². The van der Waals surface area contributed by atoms with E-state index < -0.39 is 5.97 Å². The molecule has 1 aliphatic rings. The van der Waals surface area contributed by atoms with Crippen molar-refractivity contribution in [3.63, 3.8) is 0 Å². The molecule has 1 unspecified atom stereocenters. The Labute approximate surface area is 112 Å².